The van der Waals surface area contributed by atoms with Crippen LogP contribution >= 0.6 is 23.4 Å². The van der Waals surface area contributed by atoms with Crippen LogP contribution in [0.2, 0.25) is 5.02 Å². The van der Waals surface area contributed by atoms with Crippen molar-refractivity contribution in [3.05, 3.63) is 28.8 Å². The molecule has 2 rings (SSSR count). The number of hydrogen-bond acceptors (Lipinski definition) is 3. The number of carbonyl (C=O) groups excluding carboxylic acids is 1. The lowest BCUT2D eigenvalue weighted by molar-refractivity contribution is 0.100. The van der Waals surface area contributed by atoms with E-state index in [2.05, 4.69) is 5.32 Å². The van der Waals surface area contributed by atoms with E-state index in [1.54, 1.807) is 12.1 Å². The maximum absolute atomic E-state index is 11.1. The Hall–Kier alpha value is -0.870. The summed E-state index contributed by atoms with van der Waals surface area (Å²) in [7, 11) is 0. The predicted molar refractivity (Wildman–Crippen MR) is 69.3 cm³/mol. The summed E-state index contributed by atoms with van der Waals surface area (Å²) in [6, 6.07) is 5.77. The maximum atomic E-state index is 11.1. The van der Waals surface area contributed by atoms with Crippen LogP contribution in [0, 0.1) is 0 Å². The largest absolute Gasteiger partial charge is 0.381 e. The second-order valence-electron chi connectivity index (χ2n) is 3.76. The number of hydrogen-bond donors (Lipinski definition) is 2. The van der Waals surface area contributed by atoms with Gasteiger partial charge < -0.3 is 11.1 Å². The average Bonchev–Trinajstić information content (AvgIpc) is 2.73. The number of rotatable bonds is 3. The summed E-state index contributed by atoms with van der Waals surface area (Å²) in [5.74, 6) is 1.80. The van der Waals surface area contributed by atoms with Gasteiger partial charge in [0.15, 0.2) is 0 Å². The molecule has 1 amide bonds. The molecule has 16 heavy (non-hydrogen) atoms. The Balaban J connectivity index is 2.15. The van der Waals surface area contributed by atoms with Crippen molar-refractivity contribution in [3.8, 4) is 0 Å². The first-order chi connectivity index (χ1) is 7.66. The van der Waals surface area contributed by atoms with Crippen LogP contribution in [-0.4, -0.2) is 23.5 Å². The number of carbonyl (C=O) groups is 1. The van der Waals surface area contributed by atoms with E-state index in [1.807, 2.05) is 17.8 Å². The van der Waals surface area contributed by atoms with Gasteiger partial charge in [0.25, 0.3) is 0 Å². The van der Waals surface area contributed by atoms with Gasteiger partial charge in [-0.15, -0.1) is 0 Å². The number of anilines is 1. The zero-order chi connectivity index (χ0) is 11.5. The van der Waals surface area contributed by atoms with Gasteiger partial charge in [-0.05, 0) is 30.4 Å². The molecule has 1 atom stereocenters. The van der Waals surface area contributed by atoms with Crippen LogP contribution in [0.25, 0.3) is 0 Å². The fourth-order valence-corrected chi connectivity index (χ4v) is 3.05. The van der Waals surface area contributed by atoms with Crippen LogP contribution in [0.1, 0.15) is 16.8 Å². The molecule has 1 fully saturated rings. The van der Waals surface area contributed by atoms with E-state index < -0.39 is 5.91 Å². The van der Waals surface area contributed by atoms with Gasteiger partial charge in [-0.2, -0.15) is 11.8 Å². The molecule has 1 aliphatic rings. The molecule has 86 valence electrons. The number of nitrogens with two attached hydrogens (primary N) is 1. The molecule has 1 saturated heterocycles. The van der Waals surface area contributed by atoms with Gasteiger partial charge in [-0.3, -0.25) is 4.79 Å². The van der Waals surface area contributed by atoms with E-state index in [-0.39, 0.29) is 0 Å². The van der Waals surface area contributed by atoms with Crippen LogP contribution < -0.4 is 11.1 Å². The Morgan fingerprint density at radius 3 is 3.00 bits per heavy atom. The molecule has 1 aromatic rings. The van der Waals surface area contributed by atoms with Crippen LogP contribution in [0.4, 0.5) is 5.69 Å². The summed E-state index contributed by atoms with van der Waals surface area (Å²) >= 11 is 7.81. The molecule has 1 heterocycles. The van der Waals surface area contributed by atoms with Crippen molar-refractivity contribution < 1.29 is 4.79 Å². The third-order valence-corrected chi connectivity index (χ3v) is 4.02. The molecule has 0 bridgehead atoms. The maximum Gasteiger partial charge on any atom is 0.250 e. The van der Waals surface area contributed by atoms with Gasteiger partial charge in [-0.25, -0.2) is 0 Å². The minimum absolute atomic E-state index is 0.373. The highest BCUT2D eigenvalue weighted by Crippen LogP contribution is 2.24. The number of primary amides is 1. The number of benzene rings is 1. The minimum atomic E-state index is -0.491. The summed E-state index contributed by atoms with van der Waals surface area (Å²) in [4.78, 5) is 11.1. The van der Waals surface area contributed by atoms with Gasteiger partial charge in [0.05, 0.1) is 10.6 Å². The smallest absolute Gasteiger partial charge is 0.250 e. The Morgan fingerprint density at radius 2 is 2.38 bits per heavy atom. The third-order valence-electron chi connectivity index (χ3n) is 2.53. The quantitative estimate of drug-likeness (QED) is 0.873. The van der Waals surface area contributed by atoms with Crippen LogP contribution in [0.15, 0.2) is 18.2 Å². The zero-order valence-electron chi connectivity index (χ0n) is 8.70. The summed E-state index contributed by atoms with van der Waals surface area (Å²) in [5, 5.41) is 3.78. The average molecular weight is 257 g/mol. The molecule has 5 heteroatoms. The molecule has 1 aliphatic heterocycles. The highest BCUT2D eigenvalue weighted by molar-refractivity contribution is 7.99. The molecule has 0 saturated carbocycles. The molecule has 3 N–H and O–H groups in total. The second kappa shape index (κ2) is 4.97. The highest BCUT2D eigenvalue weighted by atomic mass is 35.5. The number of nitrogens with one attached hydrogen (secondary N) is 1. The first kappa shape index (κ1) is 11.6. The second-order valence-corrected chi connectivity index (χ2v) is 5.32. The lowest BCUT2D eigenvalue weighted by Crippen LogP contribution is -2.19. The molecule has 1 aromatic carbocycles. The first-order valence-electron chi connectivity index (χ1n) is 5.10. The van der Waals surface area contributed by atoms with Crippen LogP contribution in [-0.2, 0) is 0 Å². The van der Waals surface area contributed by atoms with Crippen molar-refractivity contribution in [2.75, 3.05) is 16.8 Å². The van der Waals surface area contributed by atoms with Gasteiger partial charge in [0, 0.05) is 17.5 Å². The predicted octanol–water partition coefficient (Wildman–Crippen LogP) is 2.36. The van der Waals surface area contributed by atoms with E-state index in [1.165, 1.54) is 5.75 Å². The Kier molecular flexibility index (Phi) is 3.61. The number of amides is 1. The lowest BCUT2D eigenvalue weighted by atomic mass is 10.1. The topological polar surface area (TPSA) is 55.1 Å². The van der Waals surface area contributed by atoms with Gasteiger partial charge >= 0.3 is 0 Å². The van der Waals surface area contributed by atoms with E-state index in [9.17, 15) is 4.79 Å². The Bertz CT molecular complexity index is 405. The molecule has 0 aromatic heterocycles. The highest BCUT2D eigenvalue weighted by Gasteiger charge is 2.16. The van der Waals surface area contributed by atoms with E-state index in [0.29, 0.717) is 16.6 Å². The molecular formula is C11H13ClN2OS. The molecule has 1 unspecified atom stereocenters. The number of thioether (sulfide) groups is 1. The van der Waals surface area contributed by atoms with Crippen molar-refractivity contribution in [3.63, 3.8) is 0 Å². The Morgan fingerprint density at radius 1 is 1.56 bits per heavy atom. The van der Waals surface area contributed by atoms with Crippen molar-refractivity contribution in [1.29, 1.82) is 0 Å². The molecule has 0 radical (unpaired) electrons. The lowest BCUT2D eigenvalue weighted by Gasteiger charge is -2.13. The van der Waals surface area contributed by atoms with Gasteiger partial charge in [-0.1, -0.05) is 11.6 Å². The summed E-state index contributed by atoms with van der Waals surface area (Å²) in [6.45, 7) is 0. The summed E-state index contributed by atoms with van der Waals surface area (Å²) in [6.07, 6.45) is 1.15. The summed E-state index contributed by atoms with van der Waals surface area (Å²) in [5.41, 5.74) is 6.52. The van der Waals surface area contributed by atoms with E-state index in [0.717, 1.165) is 17.9 Å². The number of halogens is 1. The molecular weight excluding hydrogens is 244 g/mol. The summed E-state index contributed by atoms with van der Waals surface area (Å²) < 4.78 is 0. The molecule has 0 spiro atoms. The van der Waals surface area contributed by atoms with Crippen LogP contribution in [0.3, 0.4) is 0 Å². The fraction of sp³-hybridized carbons (Fsp3) is 0.364. The fourth-order valence-electron chi connectivity index (χ4n) is 1.69. The first-order valence-corrected chi connectivity index (χ1v) is 6.64. The van der Waals surface area contributed by atoms with E-state index in [4.69, 9.17) is 17.3 Å². The standard InChI is InChI=1S/C11H13ClN2OS/c12-10-2-1-7(5-9(10)11(13)15)14-8-3-4-16-6-8/h1-2,5,8,14H,3-4,6H2,(H2,13,15). The Labute approximate surface area is 104 Å². The molecule has 3 nitrogen and oxygen atoms in total. The molecule has 0 aliphatic carbocycles. The van der Waals surface area contributed by atoms with Gasteiger partial charge in [0.1, 0.15) is 0 Å². The SMILES string of the molecule is NC(=O)c1cc(NC2CCSC2)ccc1Cl. The minimum Gasteiger partial charge on any atom is -0.381 e. The van der Waals surface area contributed by atoms with Crippen molar-refractivity contribution in [1.82, 2.24) is 0 Å². The normalized spacial score (nSPS) is 19.7. The van der Waals surface area contributed by atoms with Crippen molar-refractivity contribution >= 4 is 35.0 Å². The van der Waals surface area contributed by atoms with E-state index >= 15 is 0 Å². The van der Waals surface area contributed by atoms with Crippen LogP contribution in [0.5, 0.6) is 0 Å². The monoisotopic (exact) mass is 256 g/mol. The van der Waals surface area contributed by atoms with Gasteiger partial charge in [0.2, 0.25) is 5.91 Å². The zero-order valence-corrected chi connectivity index (χ0v) is 10.3. The third kappa shape index (κ3) is 2.62. The van der Waals surface area contributed by atoms with Crippen molar-refractivity contribution in [2.45, 2.75) is 12.5 Å². The van der Waals surface area contributed by atoms with Crippen molar-refractivity contribution in [2.24, 2.45) is 5.73 Å².